The molecular formula is C18H17Cl2FN2O2. The van der Waals surface area contributed by atoms with Crippen LogP contribution in [0.25, 0.3) is 0 Å². The van der Waals surface area contributed by atoms with Gasteiger partial charge in [0, 0.05) is 28.4 Å². The SMILES string of the molecule is C[C@@H](Oc1cc(C#CC(C)(C)O)cnc1N)c1c(Cl)ccc(F)c1Cl. The van der Waals surface area contributed by atoms with E-state index in [4.69, 9.17) is 33.7 Å². The predicted octanol–water partition coefficient (Wildman–Crippen LogP) is 4.37. The molecule has 1 heterocycles. The lowest BCUT2D eigenvalue weighted by molar-refractivity contribution is 0.143. The summed E-state index contributed by atoms with van der Waals surface area (Å²) in [7, 11) is 0. The smallest absolute Gasteiger partial charge is 0.166 e. The van der Waals surface area contributed by atoms with E-state index in [1.54, 1.807) is 26.8 Å². The monoisotopic (exact) mass is 382 g/mol. The molecule has 0 aliphatic heterocycles. The maximum Gasteiger partial charge on any atom is 0.166 e. The minimum absolute atomic E-state index is 0.107. The van der Waals surface area contributed by atoms with E-state index in [1.165, 1.54) is 18.3 Å². The van der Waals surface area contributed by atoms with Gasteiger partial charge in [-0.05, 0) is 32.9 Å². The van der Waals surface area contributed by atoms with Gasteiger partial charge in [-0.25, -0.2) is 9.37 Å². The Kier molecular flexibility index (Phi) is 5.79. The van der Waals surface area contributed by atoms with Crippen LogP contribution in [0.15, 0.2) is 24.4 Å². The zero-order chi connectivity index (χ0) is 18.8. The van der Waals surface area contributed by atoms with Gasteiger partial charge in [0.25, 0.3) is 0 Å². The Labute approximate surface area is 155 Å². The van der Waals surface area contributed by atoms with E-state index in [0.29, 0.717) is 11.1 Å². The molecule has 2 rings (SSSR count). The quantitative estimate of drug-likeness (QED) is 0.610. The van der Waals surface area contributed by atoms with Gasteiger partial charge in [0.1, 0.15) is 17.5 Å². The van der Waals surface area contributed by atoms with Crippen LogP contribution in [0.5, 0.6) is 5.75 Å². The first-order chi connectivity index (χ1) is 11.6. The second-order valence-corrected chi connectivity index (χ2v) is 6.72. The fourth-order valence-corrected chi connectivity index (χ4v) is 2.69. The second kappa shape index (κ2) is 7.49. The first kappa shape index (κ1) is 19.3. The first-order valence-corrected chi connectivity index (χ1v) is 8.15. The molecule has 0 aliphatic rings. The van der Waals surface area contributed by atoms with Gasteiger partial charge in [-0.1, -0.05) is 35.0 Å². The van der Waals surface area contributed by atoms with Gasteiger partial charge < -0.3 is 15.6 Å². The third-order valence-corrected chi connectivity index (χ3v) is 3.90. The molecule has 3 N–H and O–H groups in total. The van der Waals surface area contributed by atoms with E-state index < -0.39 is 17.5 Å². The minimum Gasteiger partial charge on any atom is -0.482 e. The van der Waals surface area contributed by atoms with Crippen molar-refractivity contribution in [2.75, 3.05) is 5.73 Å². The van der Waals surface area contributed by atoms with Gasteiger partial charge in [0.05, 0.1) is 5.02 Å². The van der Waals surface area contributed by atoms with Crippen LogP contribution in [0.3, 0.4) is 0 Å². The second-order valence-electron chi connectivity index (χ2n) is 5.93. The largest absolute Gasteiger partial charge is 0.482 e. The van der Waals surface area contributed by atoms with Crippen molar-refractivity contribution in [3.8, 4) is 17.6 Å². The van der Waals surface area contributed by atoms with Gasteiger partial charge in [0.15, 0.2) is 11.6 Å². The summed E-state index contributed by atoms with van der Waals surface area (Å²) in [6.45, 7) is 4.80. The van der Waals surface area contributed by atoms with Crippen molar-refractivity contribution in [1.82, 2.24) is 4.98 Å². The van der Waals surface area contributed by atoms with E-state index in [1.807, 2.05) is 0 Å². The van der Waals surface area contributed by atoms with E-state index in [2.05, 4.69) is 16.8 Å². The van der Waals surface area contributed by atoms with Crippen molar-refractivity contribution >= 4 is 29.0 Å². The summed E-state index contributed by atoms with van der Waals surface area (Å²) < 4.78 is 19.5. The average Bonchev–Trinajstić information content (AvgIpc) is 2.51. The van der Waals surface area contributed by atoms with Crippen molar-refractivity contribution in [2.45, 2.75) is 32.5 Å². The number of halogens is 3. The molecule has 1 aromatic carbocycles. The van der Waals surface area contributed by atoms with E-state index in [0.717, 1.165) is 0 Å². The highest BCUT2D eigenvalue weighted by Gasteiger charge is 2.19. The third kappa shape index (κ3) is 4.99. The molecule has 0 fully saturated rings. The number of rotatable bonds is 3. The summed E-state index contributed by atoms with van der Waals surface area (Å²) in [5.74, 6) is 5.27. The van der Waals surface area contributed by atoms with Crippen LogP contribution in [-0.2, 0) is 0 Å². The molecule has 4 nitrogen and oxygen atoms in total. The molecule has 2 aromatic rings. The fraction of sp³-hybridized carbons (Fsp3) is 0.278. The van der Waals surface area contributed by atoms with Crippen LogP contribution in [0, 0.1) is 17.7 Å². The zero-order valence-electron chi connectivity index (χ0n) is 13.9. The molecule has 1 aromatic heterocycles. The Hall–Kier alpha value is -2.00. The van der Waals surface area contributed by atoms with Gasteiger partial charge in [0.2, 0.25) is 0 Å². The van der Waals surface area contributed by atoms with Crippen LogP contribution in [-0.4, -0.2) is 15.7 Å². The lowest BCUT2D eigenvalue weighted by Crippen LogP contribution is -2.14. The number of benzene rings is 1. The zero-order valence-corrected chi connectivity index (χ0v) is 15.4. The Morgan fingerprint density at radius 2 is 2.04 bits per heavy atom. The van der Waals surface area contributed by atoms with Crippen molar-refractivity contribution in [2.24, 2.45) is 0 Å². The number of anilines is 1. The van der Waals surface area contributed by atoms with Crippen LogP contribution in [0.1, 0.15) is 38.0 Å². The number of ether oxygens (including phenoxy) is 1. The molecule has 1 atom stereocenters. The molecule has 0 spiro atoms. The molecule has 0 saturated carbocycles. The Bertz CT molecular complexity index is 855. The predicted molar refractivity (Wildman–Crippen MR) is 97.3 cm³/mol. The van der Waals surface area contributed by atoms with Crippen LogP contribution < -0.4 is 10.5 Å². The van der Waals surface area contributed by atoms with Crippen molar-refractivity contribution in [3.05, 3.63) is 51.4 Å². The summed E-state index contributed by atoms with van der Waals surface area (Å²) in [5.41, 5.74) is 5.51. The highest BCUT2D eigenvalue weighted by atomic mass is 35.5. The van der Waals surface area contributed by atoms with E-state index in [-0.39, 0.29) is 21.6 Å². The highest BCUT2D eigenvalue weighted by molar-refractivity contribution is 6.36. The molecule has 0 saturated heterocycles. The van der Waals surface area contributed by atoms with Crippen LogP contribution in [0.4, 0.5) is 10.2 Å². The number of nitrogens with zero attached hydrogens (tertiary/aromatic N) is 1. The Balaban J connectivity index is 2.34. The van der Waals surface area contributed by atoms with Crippen molar-refractivity contribution < 1.29 is 14.2 Å². The number of hydrogen-bond donors (Lipinski definition) is 2. The summed E-state index contributed by atoms with van der Waals surface area (Å²) in [5, 5.41) is 9.84. The van der Waals surface area contributed by atoms with Crippen molar-refractivity contribution in [3.63, 3.8) is 0 Å². The van der Waals surface area contributed by atoms with Crippen LogP contribution in [0.2, 0.25) is 10.0 Å². The highest BCUT2D eigenvalue weighted by Crippen LogP contribution is 2.35. The maximum absolute atomic E-state index is 13.7. The lowest BCUT2D eigenvalue weighted by Gasteiger charge is -2.19. The fourth-order valence-electron chi connectivity index (χ4n) is 2.01. The lowest BCUT2D eigenvalue weighted by atomic mass is 10.1. The van der Waals surface area contributed by atoms with Gasteiger partial charge in [-0.15, -0.1) is 0 Å². The minimum atomic E-state index is -1.14. The summed E-state index contributed by atoms with van der Waals surface area (Å²) >= 11 is 12.1. The third-order valence-electron chi connectivity index (χ3n) is 3.18. The standard InChI is InChI=1S/C18H17Cl2FN2O2/c1-10(15-12(19)4-5-13(21)16(15)20)25-14-8-11(9-23-17(14)22)6-7-18(2,3)24/h4-5,8-10,24H,1-3H3,(H2,22,23)/t10-/m1/s1. The van der Waals surface area contributed by atoms with E-state index >= 15 is 0 Å². The molecule has 0 radical (unpaired) electrons. The molecule has 0 amide bonds. The number of pyridine rings is 1. The molecule has 7 heteroatoms. The molecule has 0 aliphatic carbocycles. The average molecular weight is 383 g/mol. The summed E-state index contributed by atoms with van der Waals surface area (Å²) in [6, 6.07) is 4.17. The maximum atomic E-state index is 13.7. The Morgan fingerprint density at radius 1 is 1.36 bits per heavy atom. The Morgan fingerprint density at radius 3 is 2.68 bits per heavy atom. The van der Waals surface area contributed by atoms with Gasteiger partial charge >= 0.3 is 0 Å². The molecular weight excluding hydrogens is 366 g/mol. The number of nitrogen functional groups attached to an aromatic ring is 1. The molecule has 25 heavy (non-hydrogen) atoms. The van der Waals surface area contributed by atoms with Gasteiger partial charge in [-0.3, -0.25) is 0 Å². The molecule has 0 unspecified atom stereocenters. The molecule has 132 valence electrons. The van der Waals surface area contributed by atoms with Crippen molar-refractivity contribution in [1.29, 1.82) is 0 Å². The number of aromatic nitrogens is 1. The number of hydrogen-bond acceptors (Lipinski definition) is 4. The van der Waals surface area contributed by atoms with Crippen LogP contribution >= 0.6 is 23.2 Å². The summed E-state index contributed by atoms with van der Waals surface area (Å²) in [6.07, 6.45) is 0.797. The topological polar surface area (TPSA) is 68.4 Å². The summed E-state index contributed by atoms with van der Waals surface area (Å²) in [4.78, 5) is 4.02. The number of nitrogens with two attached hydrogens (primary N) is 1. The normalized spacial score (nSPS) is 12.3. The molecule has 0 bridgehead atoms. The first-order valence-electron chi connectivity index (χ1n) is 7.39. The van der Waals surface area contributed by atoms with E-state index in [9.17, 15) is 9.50 Å². The number of aliphatic hydroxyl groups is 1. The van der Waals surface area contributed by atoms with Gasteiger partial charge in [-0.2, -0.15) is 0 Å².